The molecule has 1 aliphatic rings. The number of aryl methyl sites for hydroxylation is 2. The Labute approximate surface area is 147 Å². The summed E-state index contributed by atoms with van der Waals surface area (Å²) >= 11 is 0. The van der Waals surface area contributed by atoms with Gasteiger partial charge in [0.15, 0.2) is 0 Å². The van der Waals surface area contributed by atoms with Gasteiger partial charge in [0.1, 0.15) is 0 Å². The summed E-state index contributed by atoms with van der Waals surface area (Å²) in [6, 6.07) is 10.3. The van der Waals surface area contributed by atoms with Gasteiger partial charge in [0, 0.05) is 11.8 Å². The Balaban J connectivity index is 1.69. The van der Waals surface area contributed by atoms with Crippen LogP contribution in [0.15, 0.2) is 53.7 Å². The number of benzene rings is 1. The first-order valence-corrected chi connectivity index (χ1v) is 8.71. The zero-order valence-corrected chi connectivity index (χ0v) is 14.6. The summed E-state index contributed by atoms with van der Waals surface area (Å²) in [5, 5.41) is 4.39. The van der Waals surface area contributed by atoms with Crippen molar-refractivity contribution in [2.24, 2.45) is 0 Å². The number of hydrogen-bond acceptors (Lipinski definition) is 3. The van der Waals surface area contributed by atoms with Crippen LogP contribution in [0.4, 0.5) is 0 Å². The van der Waals surface area contributed by atoms with Gasteiger partial charge in [-0.1, -0.05) is 23.8 Å². The number of nitrogens with zero attached hydrogens (tertiary/aromatic N) is 3. The van der Waals surface area contributed by atoms with E-state index in [-0.39, 0.29) is 5.56 Å². The van der Waals surface area contributed by atoms with E-state index in [2.05, 4.69) is 42.1 Å². The molecule has 4 rings (SSSR count). The molecule has 0 bridgehead atoms. The zero-order chi connectivity index (χ0) is 17.4. The molecule has 0 amide bonds. The minimum Gasteiger partial charge on any atom is -0.267 e. The second-order valence-corrected chi connectivity index (χ2v) is 6.88. The Morgan fingerprint density at radius 1 is 1.16 bits per heavy atom. The predicted octanol–water partition coefficient (Wildman–Crippen LogP) is 3.52. The molecule has 1 atom stereocenters. The van der Waals surface area contributed by atoms with Gasteiger partial charge in [0.2, 0.25) is 0 Å². The number of hydrogen-bond donors (Lipinski definition) is 0. The van der Waals surface area contributed by atoms with Crippen LogP contribution in [0, 0.1) is 13.8 Å². The molecule has 0 aliphatic heterocycles. The van der Waals surface area contributed by atoms with Crippen LogP contribution < -0.4 is 5.56 Å². The van der Waals surface area contributed by atoms with Crippen molar-refractivity contribution in [3.05, 3.63) is 87.1 Å². The molecule has 0 spiro atoms. The molecule has 25 heavy (non-hydrogen) atoms. The second-order valence-electron chi connectivity index (χ2n) is 6.88. The predicted molar refractivity (Wildman–Crippen MR) is 98.3 cm³/mol. The van der Waals surface area contributed by atoms with E-state index < -0.39 is 0 Å². The van der Waals surface area contributed by atoms with Crippen LogP contribution in [-0.4, -0.2) is 14.8 Å². The van der Waals surface area contributed by atoms with Gasteiger partial charge in [-0.3, -0.25) is 9.78 Å². The molecule has 4 nitrogen and oxygen atoms in total. The molecular formula is C21H21N3O. The molecule has 4 heteroatoms. The molecule has 1 aliphatic carbocycles. The van der Waals surface area contributed by atoms with Crippen molar-refractivity contribution in [2.75, 3.05) is 0 Å². The number of pyridine rings is 1. The van der Waals surface area contributed by atoms with E-state index in [1.54, 1.807) is 12.4 Å². The maximum Gasteiger partial charge on any atom is 0.275 e. The highest BCUT2D eigenvalue weighted by Crippen LogP contribution is 2.33. The monoisotopic (exact) mass is 331 g/mol. The quantitative estimate of drug-likeness (QED) is 0.722. The highest BCUT2D eigenvalue weighted by molar-refractivity contribution is 5.38. The van der Waals surface area contributed by atoms with Gasteiger partial charge >= 0.3 is 0 Å². The number of aromatic nitrogens is 3. The molecule has 1 aromatic carbocycles. The Kier molecular flexibility index (Phi) is 3.96. The third kappa shape index (κ3) is 2.88. The van der Waals surface area contributed by atoms with E-state index in [0.29, 0.717) is 11.6 Å². The van der Waals surface area contributed by atoms with E-state index in [4.69, 9.17) is 0 Å². The molecule has 0 radical (unpaired) electrons. The third-order valence-corrected chi connectivity index (χ3v) is 5.13. The van der Waals surface area contributed by atoms with Crippen LogP contribution in [0.5, 0.6) is 0 Å². The Morgan fingerprint density at radius 2 is 2.04 bits per heavy atom. The van der Waals surface area contributed by atoms with Gasteiger partial charge in [0.25, 0.3) is 5.56 Å². The summed E-state index contributed by atoms with van der Waals surface area (Å²) < 4.78 is 1.46. The second kappa shape index (κ2) is 6.28. The van der Waals surface area contributed by atoms with Crippen LogP contribution >= 0.6 is 0 Å². The summed E-state index contributed by atoms with van der Waals surface area (Å²) in [7, 11) is 0. The summed E-state index contributed by atoms with van der Waals surface area (Å²) in [6.45, 7) is 4.30. The summed E-state index contributed by atoms with van der Waals surface area (Å²) in [5.41, 5.74) is 6.72. The maximum absolute atomic E-state index is 12.8. The lowest BCUT2D eigenvalue weighted by atomic mass is 9.79. The van der Waals surface area contributed by atoms with Crippen LogP contribution in [0.3, 0.4) is 0 Å². The largest absolute Gasteiger partial charge is 0.275 e. The van der Waals surface area contributed by atoms with E-state index in [0.717, 1.165) is 30.4 Å². The highest BCUT2D eigenvalue weighted by Gasteiger charge is 2.24. The fourth-order valence-electron chi connectivity index (χ4n) is 3.86. The van der Waals surface area contributed by atoms with Crippen LogP contribution in [0.25, 0.3) is 5.69 Å². The fraction of sp³-hybridized carbons (Fsp3) is 0.286. The molecule has 0 fully saturated rings. The first-order chi connectivity index (χ1) is 12.1. The molecule has 126 valence electrons. The molecule has 2 aromatic heterocycles. The number of fused-ring (bicyclic) bond motifs is 1. The SMILES string of the molecule is Cc1ccc(C2CCc3c(cnn(-c4cccnc4)c3=O)C2)c(C)c1. The molecular weight excluding hydrogens is 310 g/mol. The van der Waals surface area contributed by atoms with Crippen LogP contribution in [-0.2, 0) is 12.8 Å². The Morgan fingerprint density at radius 3 is 2.80 bits per heavy atom. The normalized spacial score (nSPS) is 16.5. The van der Waals surface area contributed by atoms with Crippen molar-refractivity contribution >= 4 is 0 Å². The first-order valence-electron chi connectivity index (χ1n) is 8.71. The minimum absolute atomic E-state index is 0.00965. The first kappa shape index (κ1) is 15.8. The summed E-state index contributed by atoms with van der Waals surface area (Å²) in [5.74, 6) is 0.462. The summed E-state index contributed by atoms with van der Waals surface area (Å²) in [6.07, 6.45) is 7.91. The minimum atomic E-state index is -0.00965. The van der Waals surface area contributed by atoms with Gasteiger partial charge in [-0.05, 0) is 67.9 Å². The lowest BCUT2D eigenvalue weighted by molar-refractivity contribution is 0.566. The van der Waals surface area contributed by atoms with Crippen molar-refractivity contribution in [3.8, 4) is 5.69 Å². The highest BCUT2D eigenvalue weighted by atomic mass is 16.1. The van der Waals surface area contributed by atoms with Crippen molar-refractivity contribution in [3.63, 3.8) is 0 Å². The third-order valence-electron chi connectivity index (χ3n) is 5.13. The average Bonchev–Trinajstić information content (AvgIpc) is 2.62. The van der Waals surface area contributed by atoms with Gasteiger partial charge in [-0.2, -0.15) is 9.78 Å². The molecule has 0 saturated heterocycles. The average molecular weight is 331 g/mol. The Bertz CT molecular complexity index is 976. The van der Waals surface area contributed by atoms with Crippen LogP contribution in [0.1, 0.15) is 40.2 Å². The van der Waals surface area contributed by atoms with E-state index in [9.17, 15) is 4.79 Å². The fourth-order valence-corrected chi connectivity index (χ4v) is 3.86. The zero-order valence-electron chi connectivity index (χ0n) is 14.6. The molecule has 2 heterocycles. The molecule has 1 unspecified atom stereocenters. The smallest absolute Gasteiger partial charge is 0.267 e. The van der Waals surface area contributed by atoms with Gasteiger partial charge in [-0.15, -0.1) is 0 Å². The van der Waals surface area contributed by atoms with E-state index in [1.807, 2.05) is 18.3 Å². The molecule has 0 saturated carbocycles. The maximum atomic E-state index is 12.8. The van der Waals surface area contributed by atoms with Crippen molar-refractivity contribution in [1.29, 1.82) is 0 Å². The lowest BCUT2D eigenvalue weighted by Gasteiger charge is -2.26. The van der Waals surface area contributed by atoms with Crippen molar-refractivity contribution in [2.45, 2.75) is 39.0 Å². The lowest BCUT2D eigenvalue weighted by Crippen LogP contribution is -2.29. The van der Waals surface area contributed by atoms with E-state index >= 15 is 0 Å². The van der Waals surface area contributed by atoms with Crippen LogP contribution in [0.2, 0.25) is 0 Å². The molecule has 0 N–H and O–H groups in total. The number of rotatable bonds is 2. The van der Waals surface area contributed by atoms with Gasteiger partial charge < -0.3 is 0 Å². The summed E-state index contributed by atoms with van der Waals surface area (Å²) in [4.78, 5) is 16.9. The van der Waals surface area contributed by atoms with Gasteiger partial charge in [0.05, 0.1) is 18.1 Å². The van der Waals surface area contributed by atoms with Gasteiger partial charge in [-0.25, -0.2) is 0 Å². The van der Waals surface area contributed by atoms with E-state index in [1.165, 1.54) is 21.4 Å². The molecule has 3 aromatic rings. The topological polar surface area (TPSA) is 47.8 Å². The Hall–Kier alpha value is -2.75. The van der Waals surface area contributed by atoms with Crippen molar-refractivity contribution in [1.82, 2.24) is 14.8 Å². The standard InChI is InChI=1S/C21H21N3O/c1-14-5-7-19(15(2)10-14)16-6-8-20-17(11-16)12-23-24(21(20)25)18-4-3-9-22-13-18/h3-5,7,9-10,12-13,16H,6,8,11H2,1-2H3. The van der Waals surface area contributed by atoms with Crippen molar-refractivity contribution < 1.29 is 0 Å².